The predicted molar refractivity (Wildman–Crippen MR) is 90.7 cm³/mol. The standard InChI is InChI=1S/C13H11BrCl3NOS/c14-8-3-10(20-7-8)6-18-1-2-19-13-11(16)4-9(15)5-12(13)17/h3-5,7,18H,1-2,6H2. The molecule has 7 heteroatoms. The highest BCUT2D eigenvalue weighted by molar-refractivity contribution is 9.10. The number of benzene rings is 1. The van der Waals surface area contributed by atoms with Crippen molar-refractivity contribution in [1.82, 2.24) is 5.32 Å². The van der Waals surface area contributed by atoms with Crippen LogP contribution >= 0.6 is 62.1 Å². The molecule has 1 N–H and O–H groups in total. The fourth-order valence-corrected chi connectivity index (χ4v) is 3.90. The Morgan fingerprint density at radius 2 is 1.85 bits per heavy atom. The Morgan fingerprint density at radius 3 is 2.45 bits per heavy atom. The maximum atomic E-state index is 6.03. The molecular formula is C13H11BrCl3NOS. The molecule has 108 valence electrons. The fourth-order valence-electron chi connectivity index (χ4n) is 1.55. The Kier molecular flexibility index (Phi) is 6.46. The van der Waals surface area contributed by atoms with Gasteiger partial charge < -0.3 is 10.1 Å². The molecule has 0 bridgehead atoms. The van der Waals surface area contributed by atoms with Crippen molar-refractivity contribution in [1.29, 1.82) is 0 Å². The Hall–Kier alpha value is 0.0300. The molecule has 0 aliphatic heterocycles. The van der Waals surface area contributed by atoms with Crippen molar-refractivity contribution in [2.24, 2.45) is 0 Å². The average Bonchev–Trinajstić information content (AvgIpc) is 2.77. The van der Waals surface area contributed by atoms with Crippen LogP contribution in [0.25, 0.3) is 0 Å². The van der Waals surface area contributed by atoms with Gasteiger partial charge in [-0.05, 0) is 34.1 Å². The minimum Gasteiger partial charge on any atom is -0.489 e. The number of nitrogens with one attached hydrogen (secondary N) is 1. The highest BCUT2D eigenvalue weighted by Crippen LogP contribution is 2.35. The van der Waals surface area contributed by atoms with Gasteiger partial charge in [0.2, 0.25) is 0 Å². The molecule has 1 aromatic heterocycles. The molecular weight excluding hydrogens is 404 g/mol. The van der Waals surface area contributed by atoms with E-state index in [0.717, 1.165) is 11.0 Å². The summed E-state index contributed by atoms with van der Waals surface area (Å²) in [5.74, 6) is 0.471. The van der Waals surface area contributed by atoms with Gasteiger partial charge in [0, 0.05) is 32.8 Å². The highest BCUT2D eigenvalue weighted by Gasteiger charge is 2.08. The third-order valence-electron chi connectivity index (χ3n) is 2.41. The summed E-state index contributed by atoms with van der Waals surface area (Å²) in [4.78, 5) is 1.26. The molecule has 1 aromatic carbocycles. The number of thiophene rings is 1. The number of hydrogen-bond donors (Lipinski definition) is 1. The molecule has 0 fully saturated rings. The molecule has 0 saturated carbocycles. The summed E-state index contributed by atoms with van der Waals surface area (Å²) in [6, 6.07) is 5.31. The van der Waals surface area contributed by atoms with E-state index in [9.17, 15) is 0 Å². The van der Waals surface area contributed by atoms with Crippen molar-refractivity contribution in [2.75, 3.05) is 13.2 Å². The minimum absolute atomic E-state index is 0.421. The zero-order valence-corrected chi connectivity index (χ0v) is 14.9. The van der Waals surface area contributed by atoms with Crippen LogP contribution in [0, 0.1) is 0 Å². The van der Waals surface area contributed by atoms with Gasteiger partial charge in [0.15, 0.2) is 5.75 Å². The molecule has 0 atom stereocenters. The Morgan fingerprint density at radius 1 is 1.15 bits per heavy atom. The lowest BCUT2D eigenvalue weighted by molar-refractivity contribution is 0.314. The summed E-state index contributed by atoms with van der Waals surface area (Å²) in [6.45, 7) is 1.99. The van der Waals surface area contributed by atoms with E-state index < -0.39 is 0 Å². The van der Waals surface area contributed by atoms with E-state index in [4.69, 9.17) is 39.5 Å². The first kappa shape index (κ1) is 16.4. The van der Waals surface area contributed by atoms with Crippen LogP contribution in [-0.4, -0.2) is 13.2 Å². The van der Waals surface area contributed by atoms with Crippen molar-refractivity contribution < 1.29 is 4.74 Å². The average molecular weight is 416 g/mol. The van der Waals surface area contributed by atoms with Gasteiger partial charge in [0.1, 0.15) is 6.61 Å². The topological polar surface area (TPSA) is 21.3 Å². The van der Waals surface area contributed by atoms with Gasteiger partial charge >= 0.3 is 0 Å². The monoisotopic (exact) mass is 413 g/mol. The Balaban J connectivity index is 1.76. The maximum absolute atomic E-state index is 6.03. The van der Waals surface area contributed by atoms with Crippen LogP contribution in [0.3, 0.4) is 0 Å². The van der Waals surface area contributed by atoms with Gasteiger partial charge in [-0.2, -0.15) is 0 Å². The number of hydrogen-bond acceptors (Lipinski definition) is 3. The summed E-state index contributed by atoms with van der Waals surface area (Å²) in [6.07, 6.45) is 0. The minimum atomic E-state index is 0.421. The van der Waals surface area contributed by atoms with Gasteiger partial charge in [-0.15, -0.1) is 11.3 Å². The zero-order chi connectivity index (χ0) is 14.5. The van der Waals surface area contributed by atoms with Crippen molar-refractivity contribution in [2.45, 2.75) is 6.54 Å². The van der Waals surface area contributed by atoms with Gasteiger partial charge in [-0.1, -0.05) is 34.8 Å². The first-order chi connectivity index (χ1) is 9.56. The van der Waals surface area contributed by atoms with Crippen LogP contribution in [-0.2, 0) is 6.54 Å². The summed E-state index contributed by atoms with van der Waals surface area (Å²) >= 11 is 23.0. The second-order valence-electron chi connectivity index (χ2n) is 3.96. The molecule has 0 aliphatic rings. The lowest BCUT2D eigenvalue weighted by Gasteiger charge is -2.10. The third-order valence-corrected chi connectivity index (χ3v) is 4.89. The second kappa shape index (κ2) is 7.87. The predicted octanol–water partition coefficient (Wildman–Crippen LogP) is 5.64. The van der Waals surface area contributed by atoms with E-state index in [-0.39, 0.29) is 0 Å². The van der Waals surface area contributed by atoms with Crippen molar-refractivity contribution in [3.8, 4) is 5.75 Å². The van der Waals surface area contributed by atoms with Gasteiger partial charge in [-0.3, -0.25) is 0 Å². The van der Waals surface area contributed by atoms with Crippen molar-refractivity contribution in [3.05, 3.63) is 48.0 Å². The first-order valence-corrected chi connectivity index (χ1v) is 8.58. The molecule has 0 spiro atoms. The number of ether oxygens (including phenoxy) is 1. The molecule has 2 nitrogen and oxygen atoms in total. The molecule has 0 saturated heterocycles. The molecule has 20 heavy (non-hydrogen) atoms. The van der Waals surface area contributed by atoms with E-state index in [1.165, 1.54) is 4.88 Å². The highest BCUT2D eigenvalue weighted by atomic mass is 79.9. The lowest BCUT2D eigenvalue weighted by Crippen LogP contribution is -2.20. The first-order valence-electron chi connectivity index (χ1n) is 5.77. The Labute approximate surface area is 145 Å². The summed E-state index contributed by atoms with van der Waals surface area (Å²) in [5, 5.41) is 6.68. The largest absolute Gasteiger partial charge is 0.489 e. The van der Waals surface area contributed by atoms with Crippen molar-refractivity contribution in [3.63, 3.8) is 0 Å². The molecule has 0 aliphatic carbocycles. The van der Waals surface area contributed by atoms with E-state index >= 15 is 0 Å². The van der Waals surface area contributed by atoms with Crippen molar-refractivity contribution >= 4 is 62.1 Å². The summed E-state index contributed by atoms with van der Waals surface area (Å²) in [5.41, 5.74) is 0. The van der Waals surface area contributed by atoms with E-state index in [0.29, 0.717) is 34.0 Å². The van der Waals surface area contributed by atoms with Crippen LogP contribution in [0.4, 0.5) is 0 Å². The van der Waals surface area contributed by atoms with Crippen LogP contribution in [0.5, 0.6) is 5.75 Å². The van der Waals surface area contributed by atoms with E-state index in [1.807, 2.05) is 0 Å². The third kappa shape index (κ3) is 4.79. The number of rotatable bonds is 6. The molecule has 2 aromatic rings. The smallest absolute Gasteiger partial charge is 0.156 e. The van der Waals surface area contributed by atoms with Crippen LogP contribution in [0.2, 0.25) is 15.1 Å². The molecule has 2 rings (SSSR count). The molecule has 0 radical (unpaired) electrons. The maximum Gasteiger partial charge on any atom is 0.156 e. The van der Waals surface area contributed by atoms with Gasteiger partial charge in [0.05, 0.1) is 10.0 Å². The van der Waals surface area contributed by atoms with Crippen LogP contribution < -0.4 is 10.1 Å². The SMILES string of the molecule is Clc1cc(Cl)c(OCCNCc2cc(Br)cs2)c(Cl)c1. The van der Waals surface area contributed by atoms with Gasteiger partial charge in [-0.25, -0.2) is 0 Å². The summed E-state index contributed by atoms with van der Waals surface area (Å²) in [7, 11) is 0. The quantitative estimate of drug-likeness (QED) is 0.617. The number of halogens is 4. The van der Waals surface area contributed by atoms with Gasteiger partial charge in [0.25, 0.3) is 0 Å². The summed E-state index contributed by atoms with van der Waals surface area (Å²) < 4.78 is 6.68. The molecule has 0 unspecified atom stereocenters. The molecule has 0 amide bonds. The fraction of sp³-hybridized carbons (Fsp3) is 0.231. The van der Waals surface area contributed by atoms with Crippen LogP contribution in [0.15, 0.2) is 28.1 Å². The zero-order valence-electron chi connectivity index (χ0n) is 10.3. The lowest BCUT2D eigenvalue weighted by atomic mass is 10.3. The van der Waals surface area contributed by atoms with E-state index in [1.54, 1.807) is 23.5 Å². The molecule has 1 heterocycles. The van der Waals surface area contributed by atoms with E-state index in [2.05, 4.69) is 32.7 Å². The Bertz CT molecular complexity index is 568. The normalized spacial score (nSPS) is 10.8. The van der Waals surface area contributed by atoms with Crippen LogP contribution in [0.1, 0.15) is 4.88 Å². The second-order valence-corrected chi connectivity index (χ2v) is 7.12.